The van der Waals surface area contributed by atoms with Crippen molar-refractivity contribution in [2.45, 2.75) is 159 Å². The SMILES string of the molecule is CO[C@H]1C/C(C)=C/[C@@H](CCCSCCN(C)C)C(=O)C[C@H](O)[C@@H](C)[C@@H](/C(C)=C/[C@@H]2CC[C@@H](O)[C@H](CO)C2)OC(=O)[C@@H]2CCCCN2C(=O)C(=O)[C@]2(O)O[C@H]([C@@H](OC)C1)[C@@H](OC)C[C@H]2C. The molecule has 15 nitrogen and oxygen atoms in total. The third-order valence-corrected chi connectivity index (χ3v) is 15.2. The van der Waals surface area contributed by atoms with Crippen molar-refractivity contribution in [2.24, 2.45) is 29.6 Å². The van der Waals surface area contributed by atoms with Crippen LogP contribution in [0.2, 0.25) is 0 Å². The third-order valence-electron chi connectivity index (χ3n) is 14.1. The van der Waals surface area contributed by atoms with Crippen LogP contribution in [0.3, 0.4) is 0 Å². The van der Waals surface area contributed by atoms with Crippen LogP contribution in [0.5, 0.6) is 0 Å². The zero-order valence-corrected chi connectivity index (χ0v) is 40.8. The molecule has 0 aromatic heterocycles. The van der Waals surface area contributed by atoms with E-state index >= 15 is 0 Å². The van der Waals surface area contributed by atoms with Gasteiger partial charge >= 0.3 is 5.97 Å². The Balaban J connectivity index is 1.78. The summed E-state index contributed by atoms with van der Waals surface area (Å²) in [7, 11) is 8.67. The second kappa shape index (κ2) is 25.8. The lowest BCUT2D eigenvalue weighted by Crippen LogP contribution is -2.64. The van der Waals surface area contributed by atoms with Crippen LogP contribution in [0.4, 0.5) is 0 Å². The number of Topliss-reactive ketones (excluding diaryl/α,β-unsaturated/α-hetero) is 2. The number of allylic oxidation sites excluding steroid dienone is 2. The van der Waals surface area contributed by atoms with Gasteiger partial charge in [0.05, 0.1) is 30.5 Å². The van der Waals surface area contributed by atoms with Gasteiger partial charge in [0.25, 0.3) is 11.7 Å². The molecule has 64 heavy (non-hydrogen) atoms. The maximum Gasteiger partial charge on any atom is 0.329 e. The Labute approximate surface area is 386 Å². The van der Waals surface area contributed by atoms with Crippen LogP contribution in [-0.4, -0.2) is 175 Å². The fraction of sp³-hybridized carbons (Fsp3) is 0.833. The Morgan fingerprint density at radius 2 is 1.66 bits per heavy atom. The fourth-order valence-corrected chi connectivity index (χ4v) is 11.0. The first-order valence-electron chi connectivity index (χ1n) is 23.5. The molecule has 3 heterocycles. The van der Waals surface area contributed by atoms with Crippen molar-refractivity contribution in [1.82, 2.24) is 9.80 Å². The van der Waals surface area contributed by atoms with Crippen LogP contribution < -0.4 is 0 Å². The van der Waals surface area contributed by atoms with Crippen molar-refractivity contribution in [1.29, 1.82) is 0 Å². The summed E-state index contributed by atoms with van der Waals surface area (Å²) < 4.78 is 30.4. The number of ether oxygens (including phenoxy) is 5. The minimum absolute atomic E-state index is 0.0535. The number of carbonyl (C=O) groups is 4. The number of rotatable bonds is 13. The van der Waals surface area contributed by atoms with E-state index in [9.17, 15) is 39.6 Å². The first-order chi connectivity index (χ1) is 30.4. The Morgan fingerprint density at radius 3 is 2.31 bits per heavy atom. The monoisotopic (exact) mass is 925 g/mol. The van der Waals surface area contributed by atoms with Crippen LogP contribution in [0.1, 0.15) is 105 Å². The van der Waals surface area contributed by atoms with Gasteiger partial charge in [-0.2, -0.15) is 11.8 Å². The molecule has 2 saturated heterocycles. The summed E-state index contributed by atoms with van der Waals surface area (Å²) in [4.78, 5) is 60.8. The lowest BCUT2D eigenvalue weighted by molar-refractivity contribution is -0.303. The highest BCUT2D eigenvalue weighted by molar-refractivity contribution is 7.99. The summed E-state index contributed by atoms with van der Waals surface area (Å²) in [5.41, 5.74) is 1.53. The average Bonchev–Trinajstić information content (AvgIpc) is 3.27. The number of hydrogen-bond donors (Lipinski definition) is 4. The predicted octanol–water partition coefficient (Wildman–Crippen LogP) is 4.11. The molecule has 4 N–H and O–H groups in total. The Kier molecular flexibility index (Phi) is 21.9. The standard InChI is InChI=1S/C48H80N2O13S/c1-29-21-34(13-12-19-64-20-18-49(5)6)40(54)27-39(53)32(4)43(30(2)23-33-15-16-38(52)35(25-33)28-51)62-47(57)37-14-10-11-17-50(37)46(56)45(55)48(58)31(3)24-41(60-8)44(63-48)42(61-9)26-36(22-29)59-7/h21,23,31-39,41-44,51-53,58H,10-20,22,24-28H2,1-9H3/b29-21+,30-23+/t31-,32-,33+,34-,35+,36+,37+,38-,39+,41+,42+,43-,44+,48-/m1/s1. The van der Waals surface area contributed by atoms with E-state index in [1.807, 2.05) is 44.9 Å². The van der Waals surface area contributed by atoms with Crippen molar-refractivity contribution in [2.75, 3.05) is 66.6 Å². The van der Waals surface area contributed by atoms with Gasteiger partial charge in [-0.1, -0.05) is 31.6 Å². The largest absolute Gasteiger partial charge is 0.456 e. The Morgan fingerprint density at radius 1 is 0.953 bits per heavy atom. The highest BCUT2D eigenvalue weighted by Crippen LogP contribution is 2.39. The van der Waals surface area contributed by atoms with Gasteiger partial charge in [0, 0.05) is 83.3 Å². The van der Waals surface area contributed by atoms with E-state index in [0.29, 0.717) is 50.5 Å². The number of piperidine rings is 1. The van der Waals surface area contributed by atoms with Crippen LogP contribution in [0.25, 0.3) is 0 Å². The van der Waals surface area contributed by atoms with Crippen LogP contribution in [-0.2, 0) is 42.9 Å². The summed E-state index contributed by atoms with van der Waals surface area (Å²) >= 11 is 1.83. The Bertz CT molecular complexity index is 1590. The maximum atomic E-state index is 14.5. The number of aliphatic hydroxyl groups excluding tert-OH is 3. The molecule has 2 bridgehead atoms. The molecule has 14 atom stereocenters. The minimum atomic E-state index is -2.56. The van der Waals surface area contributed by atoms with Crippen molar-refractivity contribution >= 4 is 35.2 Å². The van der Waals surface area contributed by atoms with Crippen LogP contribution in [0, 0.1) is 29.6 Å². The first-order valence-corrected chi connectivity index (χ1v) is 24.7. The second-order valence-corrected chi connectivity index (χ2v) is 20.5. The molecule has 4 rings (SSSR count). The number of cyclic esters (lactones) is 1. The number of esters is 1. The van der Waals surface area contributed by atoms with E-state index in [2.05, 4.69) is 4.90 Å². The molecule has 16 heteroatoms. The molecule has 4 aliphatic rings. The normalized spacial score (nSPS) is 38.0. The van der Waals surface area contributed by atoms with Gasteiger partial charge in [0.2, 0.25) is 5.79 Å². The quantitative estimate of drug-likeness (QED) is 0.0890. The van der Waals surface area contributed by atoms with E-state index in [1.165, 1.54) is 19.1 Å². The van der Waals surface area contributed by atoms with E-state index in [4.69, 9.17) is 23.7 Å². The third kappa shape index (κ3) is 14.4. The molecule has 1 amide bonds. The van der Waals surface area contributed by atoms with Gasteiger partial charge in [0.15, 0.2) is 0 Å². The highest BCUT2D eigenvalue weighted by Gasteiger charge is 2.56. The smallest absolute Gasteiger partial charge is 0.329 e. The minimum Gasteiger partial charge on any atom is -0.456 e. The summed E-state index contributed by atoms with van der Waals surface area (Å²) in [5.74, 6) is -6.40. The van der Waals surface area contributed by atoms with Crippen molar-refractivity contribution in [3.8, 4) is 0 Å². The maximum absolute atomic E-state index is 14.5. The summed E-state index contributed by atoms with van der Waals surface area (Å²) in [6, 6.07) is -1.17. The fourth-order valence-electron chi connectivity index (χ4n) is 9.98. The van der Waals surface area contributed by atoms with Gasteiger partial charge in [-0.05, 0) is 109 Å². The van der Waals surface area contributed by atoms with E-state index in [-0.39, 0.29) is 56.5 Å². The van der Waals surface area contributed by atoms with E-state index in [0.717, 1.165) is 30.0 Å². The van der Waals surface area contributed by atoms with Crippen molar-refractivity contribution in [3.05, 3.63) is 23.3 Å². The summed E-state index contributed by atoms with van der Waals surface area (Å²) in [5, 5.41) is 44.5. The summed E-state index contributed by atoms with van der Waals surface area (Å²) in [6.07, 6.45) is 3.27. The molecule has 0 spiro atoms. The van der Waals surface area contributed by atoms with Gasteiger partial charge in [0.1, 0.15) is 24.0 Å². The molecular formula is C48H80N2O13S. The second-order valence-electron chi connectivity index (χ2n) is 19.2. The number of amides is 1. The Hall–Kier alpha value is -2.25. The van der Waals surface area contributed by atoms with Gasteiger partial charge < -0.3 is 53.9 Å². The van der Waals surface area contributed by atoms with Crippen molar-refractivity contribution < 1.29 is 63.3 Å². The van der Waals surface area contributed by atoms with E-state index < -0.39 is 90.0 Å². The lowest BCUT2D eigenvalue weighted by atomic mass is 9.78. The number of ketones is 2. The van der Waals surface area contributed by atoms with Crippen molar-refractivity contribution in [3.63, 3.8) is 0 Å². The molecule has 3 fully saturated rings. The number of nitrogens with zero attached hydrogens (tertiary/aromatic N) is 2. The molecule has 366 valence electrons. The zero-order chi connectivity index (χ0) is 47.3. The molecule has 1 aliphatic carbocycles. The van der Waals surface area contributed by atoms with E-state index in [1.54, 1.807) is 27.9 Å². The number of methoxy groups -OCH3 is 3. The number of aliphatic hydroxyl groups is 4. The number of fused-ring (bicyclic) bond motifs is 3. The molecule has 0 unspecified atom stereocenters. The first kappa shape index (κ1) is 54.4. The van der Waals surface area contributed by atoms with Crippen LogP contribution >= 0.6 is 11.8 Å². The van der Waals surface area contributed by atoms with Gasteiger partial charge in [-0.15, -0.1) is 0 Å². The topological polar surface area (TPSA) is 202 Å². The van der Waals surface area contributed by atoms with Gasteiger partial charge in [-0.25, -0.2) is 4.79 Å². The van der Waals surface area contributed by atoms with Crippen LogP contribution in [0.15, 0.2) is 23.3 Å². The molecule has 0 radical (unpaired) electrons. The molecule has 3 aliphatic heterocycles. The number of hydrogen-bond acceptors (Lipinski definition) is 15. The van der Waals surface area contributed by atoms with Gasteiger partial charge in [-0.3, -0.25) is 14.4 Å². The molecule has 0 aromatic carbocycles. The molecular weight excluding hydrogens is 845 g/mol. The molecule has 1 saturated carbocycles. The lowest BCUT2D eigenvalue weighted by Gasteiger charge is -2.47. The number of thioether (sulfide) groups is 1. The molecule has 0 aromatic rings. The zero-order valence-electron chi connectivity index (χ0n) is 39.9. The average molecular weight is 925 g/mol. The summed E-state index contributed by atoms with van der Waals surface area (Å²) in [6.45, 7) is 7.95. The highest BCUT2D eigenvalue weighted by atomic mass is 32.2. The predicted molar refractivity (Wildman–Crippen MR) is 244 cm³/mol. The number of carbonyl (C=O) groups excluding carboxylic acids is 4.